The molecule has 2 aromatic rings. The third-order valence-corrected chi connectivity index (χ3v) is 2.80. The van der Waals surface area contributed by atoms with Crippen LogP contribution in [-0.4, -0.2) is 11.0 Å². The van der Waals surface area contributed by atoms with Gasteiger partial charge in [-0.2, -0.15) is 5.26 Å². The molecule has 0 atom stereocenters. The molecule has 1 amide bonds. The molecule has 5 heteroatoms. The molecule has 0 unspecified atom stereocenters. The molecule has 2 rings (SSSR count). The lowest BCUT2D eigenvalue weighted by Crippen LogP contribution is -2.12. The Morgan fingerprint density at radius 1 is 1.21 bits per heavy atom. The molecule has 94 valence electrons. The number of anilines is 1. The van der Waals surface area contributed by atoms with Crippen LogP contribution in [0.4, 0.5) is 5.69 Å². The summed E-state index contributed by atoms with van der Waals surface area (Å²) in [5.74, 6) is -0.458. The number of halogens is 1. The number of aromatic hydroxyl groups is 1. The second-order valence-electron chi connectivity index (χ2n) is 3.81. The van der Waals surface area contributed by atoms with Gasteiger partial charge >= 0.3 is 0 Å². The highest BCUT2D eigenvalue weighted by Crippen LogP contribution is 2.22. The largest absolute Gasteiger partial charge is 0.508 e. The van der Waals surface area contributed by atoms with Gasteiger partial charge < -0.3 is 10.4 Å². The average Bonchev–Trinajstić information content (AvgIpc) is 2.42. The molecule has 0 radical (unpaired) electrons. The standard InChI is InChI=1S/C14H9ClN2O2/c15-13-6-5-11(18)7-12(13)14(19)17-10-3-1-9(8-16)2-4-10/h1-7,18H,(H,17,19). The monoisotopic (exact) mass is 272 g/mol. The molecule has 0 saturated carbocycles. The van der Waals surface area contributed by atoms with Crippen molar-refractivity contribution in [3.8, 4) is 11.8 Å². The molecule has 2 aromatic carbocycles. The van der Waals surface area contributed by atoms with Gasteiger partial charge in [0.1, 0.15) is 5.75 Å². The number of carbonyl (C=O) groups is 1. The van der Waals surface area contributed by atoms with Gasteiger partial charge in [-0.3, -0.25) is 4.79 Å². The van der Waals surface area contributed by atoms with Gasteiger partial charge in [-0.05, 0) is 42.5 Å². The summed E-state index contributed by atoms with van der Waals surface area (Å²) < 4.78 is 0. The Morgan fingerprint density at radius 2 is 1.89 bits per heavy atom. The van der Waals surface area contributed by atoms with Crippen molar-refractivity contribution in [3.63, 3.8) is 0 Å². The molecule has 0 bridgehead atoms. The summed E-state index contributed by atoms with van der Waals surface area (Å²) in [6, 6.07) is 12.6. The van der Waals surface area contributed by atoms with Gasteiger partial charge in [0.05, 0.1) is 22.2 Å². The smallest absolute Gasteiger partial charge is 0.257 e. The Kier molecular flexibility index (Phi) is 3.69. The van der Waals surface area contributed by atoms with Crippen molar-refractivity contribution in [1.29, 1.82) is 5.26 Å². The Morgan fingerprint density at radius 3 is 2.53 bits per heavy atom. The van der Waals surface area contributed by atoms with Crippen molar-refractivity contribution in [2.24, 2.45) is 0 Å². The SMILES string of the molecule is N#Cc1ccc(NC(=O)c2cc(O)ccc2Cl)cc1. The minimum absolute atomic E-state index is 0.0330. The van der Waals surface area contributed by atoms with E-state index in [1.165, 1.54) is 18.2 Å². The number of benzene rings is 2. The fraction of sp³-hybridized carbons (Fsp3) is 0. The molecule has 0 aromatic heterocycles. The van der Waals surface area contributed by atoms with Crippen molar-refractivity contribution in [1.82, 2.24) is 0 Å². The summed E-state index contributed by atoms with van der Waals surface area (Å²) in [5, 5.41) is 20.9. The maximum atomic E-state index is 12.0. The van der Waals surface area contributed by atoms with E-state index in [0.717, 1.165) is 0 Å². The molecule has 0 aliphatic heterocycles. The average molecular weight is 273 g/mol. The minimum Gasteiger partial charge on any atom is -0.508 e. The first-order valence-corrected chi connectivity index (χ1v) is 5.78. The third kappa shape index (κ3) is 3.03. The van der Waals surface area contributed by atoms with E-state index in [9.17, 15) is 9.90 Å². The van der Waals surface area contributed by atoms with E-state index >= 15 is 0 Å². The molecule has 0 spiro atoms. The molecule has 4 nitrogen and oxygen atoms in total. The van der Waals surface area contributed by atoms with Gasteiger partial charge in [-0.25, -0.2) is 0 Å². The van der Waals surface area contributed by atoms with Crippen LogP contribution in [0.3, 0.4) is 0 Å². The zero-order valence-corrected chi connectivity index (χ0v) is 10.5. The van der Waals surface area contributed by atoms with Crippen LogP contribution in [0.25, 0.3) is 0 Å². The molecule has 0 saturated heterocycles. The highest BCUT2D eigenvalue weighted by molar-refractivity contribution is 6.34. The Balaban J connectivity index is 2.21. The first-order chi connectivity index (χ1) is 9.10. The quantitative estimate of drug-likeness (QED) is 0.882. The van der Waals surface area contributed by atoms with Gasteiger partial charge in [-0.15, -0.1) is 0 Å². The number of phenolic OH excluding ortho intramolecular Hbond substituents is 1. The molecule has 0 aliphatic carbocycles. The minimum atomic E-state index is -0.425. The molecular formula is C14H9ClN2O2. The Bertz CT molecular complexity index is 660. The van der Waals surface area contributed by atoms with Gasteiger partial charge in [0, 0.05) is 5.69 Å². The number of phenols is 1. The Hall–Kier alpha value is -2.51. The van der Waals surface area contributed by atoms with Gasteiger partial charge in [0.15, 0.2) is 0 Å². The lowest BCUT2D eigenvalue weighted by molar-refractivity contribution is 0.102. The summed E-state index contributed by atoms with van der Waals surface area (Å²) >= 11 is 5.89. The summed E-state index contributed by atoms with van der Waals surface area (Å²) in [4.78, 5) is 12.0. The first kappa shape index (κ1) is 12.9. The van der Waals surface area contributed by atoms with E-state index in [0.29, 0.717) is 11.3 Å². The second-order valence-corrected chi connectivity index (χ2v) is 4.21. The van der Waals surface area contributed by atoms with E-state index < -0.39 is 5.91 Å². The van der Waals surface area contributed by atoms with E-state index in [-0.39, 0.29) is 16.3 Å². The van der Waals surface area contributed by atoms with Crippen molar-refractivity contribution in [2.45, 2.75) is 0 Å². The van der Waals surface area contributed by atoms with Crippen molar-refractivity contribution >= 4 is 23.2 Å². The number of hydrogen-bond acceptors (Lipinski definition) is 3. The summed E-state index contributed by atoms with van der Waals surface area (Å²) in [6.07, 6.45) is 0. The van der Waals surface area contributed by atoms with Crippen LogP contribution in [0.2, 0.25) is 5.02 Å². The van der Waals surface area contributed by atoms with Crippen LogP contribution in [0.5, 0.6) is 5.75 Å². The van der Waals surface area contributed by atoms with Gasteiger partial charge in [0.2, 0.25) is 0 Å². The third-order valence-electron chi connectivity index (χ3n) is 2.47. The zero-order chi connectivity index (χ0) is 13.8. The van der Waals surface area contributed by atoms with Crippen LogP contribution in [0, 0.1) is 11.3 Å². The van der Waals surface area contributed by atoms with Crippen molar-refractivity contribution < 1.29 is 9.90 Å². The van der Waals surface area contributed by atoms with Crippen molar-refractivity contribution in [2.75, 3.05) is 5.32 Å². The predicted octanol–water partition coefficient (Wildman–Crippen LogP) is 3.17. The van der Waals surface area contributed by atoms with Gasteiger partial charge in [-0.1, -0.05) is 11.6 Å². The summed E-state index contributed by atoms with van der Waals surface area (Å²) in [5.41, 5.74) is 1.24. The lowest BCUT2D eigenvalue weighted by Gasteiger charge is -2.07. The molecule has 0 fully saturated rings. The van der Waals surface area contributed by atoms with Gasteiger partial charge in [0.25, 0.3) is 5.91 Å². The van der Waals surface area contributed by atoms with E-state index in [1.54, 1.807) is 24.3 Å². The lowest BCUT2D eigenvalue weighted by atomic mass is 10.2. The zero-order valence-electron chi connectivity index (χ0n) is 9.72. The van der Waals surface area contributed by atoms with Crippen molar-refractivity contribution in [3.05, 3.63) is 58.6 Å². The number of amides is 1. The van der Waals surface area contributed by atoms with E-state index in [1.807, 2.05) is 6.07 Å². The molecule has 2 N–H and O–H groups in total. The van der Waals surface area contributed by atoms with Crippen LogP contribution < -0.4 is 5.32 Å². The fourth-order valence-electron chi connectivity index (χ4n) is 1.51. The predicted molar refractivity (Wildman–Crippen MR) is 72.2 cm³/mol. The number of hydrogen-bond donors (Lipinski definition) is 2. The summed E-state index contributed by atoms with van der Waals surface area (Å²) in [7, 11) is 0. The summed E-state index contributed by atoms with van der Waals surface area (Å²) in [6.45, 7) is 0. The second kappa shape index (κ2) is 5.42. The normalized spacial score (nSPS) is 9.68. The topological polar surface area (TPSA) is 73.1 Å². The van der Waals surface area contributed by atoms with E-state index in [4.69, 9.17) is 16.9 Å². The first-order valence-electron chi connectivity index (χ1n) is 5.40. The number of nitrogens with zero attached hydrogens (tertiary/aromatic N) is 1. The maximum Gasteiger partial charge on any atom is 0.257 e. The molecular weight excluding hydrogens is 264 g/mol. The van der Waals surface area contributed by atoms with Crippen LogP contribution in [0.1, 0.15) is 15.9 Å². The molecule has 19 heavy (non-hydrogen) atoms. The number of rotatable bonds is 2. The highest BCUT2D eigenvalue weighted by Gasteiger charge is 2.11. The van der Waals surface area contributed by atoms with Crippen LogP contribution >= 0.6 is 11.6 Å². The fourth-order valence-corrected chi connectivity index (χ4v) is 1.72. The van der Waals surface area contributed by atoms with Crippen LogP contribution in [0.15, 0.2) is 42.5 Å². The Labute approximate surface area is 114 Å². The number of nitriles is 1. The highest BCUT2D eigenvalue weighted by atomic mass is 35.5. The molecule has 0 heterocycles. The number of nitrogens with one attached hydrogen (secondary N) is 1. The molecule has 0 aliphatic rings. The number of carbonyl (C=O) groups excluding carboxylic acids is 1. The van der Waals surface area contributed by atoms with E-state index in [2.05, 4.69) is 5.32 Å². The van der Waals surface area contributed by atoms with Crippen LogP contribution in [-0.2, 0) is 0 Å². The maximum absolute atomic E-state index is 12.0.